The standard InChI is InChI=1S/C15H14O2/c1-12(17-16)15(13-8-4-2-5-9-13)14-10-6-3-7-11-14/h2-12H,1H3. The Morgan fingerprint density at radius 3 is 1.65 bits per heavy atom. The second kappa shape index (κ2) is 5.62. The Hall–Kier alpha value is -1.64. The van der Waals surface area contributed by atoms with Crippen molar-refractivity contribution in [2.45, 2.75) is 13.0 Å². The minimum Gasteiger partial charge on any atom is -0.199 e. The summed E-state index contributed by atoms with van der Waals surface area (Å²) in [5, 5.41) is 10.7. The van der Waals surface area contributed by atoms with Gasteiger partial charge in [-0.1, -0.05) is 60.7 Å². The van der Waals surface area contributed by atoms with Gasteiger partial charge in [-0.15, -0.1) is 0 Å². The summed E-state index contributed by atoms with van der Waals surface area (Å²) in [6.45, 7) is 1.77. The molecule has 2 radical (unpaired) electrons. The number of hydrogen-bond donors (Lipinski definition) is 0. The van der Waals surface area contributed by atoms with Gasteiger partial charge in [0, 0.05) is 0 Å². The van der Waals surface area contributed by atoms with Crippen molar-refractivity contribution >= 4 is 0 Å². The third-order valence-electron chi connectivity index (χ3n) is 2.72. The van der Waals surface area contributed by atoms with Crippen LogP contribution in [0.3, 0.4) is 0 Å². The maximum absolute atomic E-state index is 10.7. The van der Waals surface area contributed by atoms with E-state index in [1.54, 1.807) is 6.92 Å². The first kappa shape index (κ1) is 11.8. The molecule has 86 valence electrons. The molecule has 2 nitrogen and oxygen atoms in total. The van der Waals surface area contributed by atoms with E-state index < -0.39 is 6.10 Å². The summed E-state index contributed by atoms with van der Waals surface area (Å²) in [7, 11) is 0. The highest BCUT2D eigenvalue weighted by Crippen LogP contribution is 2.28. The molecule has 0 bridgehead atoms. The first-order valence-electron chi connectivity index (χ1n) is 5.59. The summed E-state index contributed by atoms with van der Waals surface area (Å²) >= 11 is 0. The topological polar surface area (TPSA) is 29.1 Å². The van der Waals surface area contributed by atoms with E-state index in [1.807, 2.05) is 60.7 Å². The molecule has 0 aliphatic heterocycles. The van der Waals surface area contributed by atoms with Crippen molar-refractivity contribution in [3.63, 3.8) is 0 Å². The SMILES string of the molecule is CC(O[O])[C](c1ccccc1)c1ccccc1. The molecule has 1 atom stereocenters. The highest BCUT2D eigenvalue weighted by Gasteiger charge is 2.23. The van der Waals surface area contributed by atoms with Crippen LogP contribution in [0.1, 0.15) is 18.1 Å². The minimum atomic E-state index is -0.472. The predicted molar refractivity (Wildman–Crippen MR) is 65.6 cm³/mol. The lowest BCUT2D eigenvalue weighted by atomic mass is 9.87. The van der Waals surface area contributed by atoms with Gasteiger partial charge in [0.05, 0.1) is 5.92 Å². The molecule has 1 unspecified atom stereocenters. The quantitative estimate of drug-likeness (QED) is 0.580. The summed E-state index contributed by atoms with van der Waals surface area (Å²) in [6.07, 6.45) is -0.472. The fraction of sp³-hybridized carbons (Fsp3) is 0.133. The maximum Gasteiger partial charge on any atom is 0.108 e. The van der Waals surface area contributed by atoms with E-state index in [4.69, 9.17) is 0 Å². The third-order valence-corrected chi connectivity index (χ3v) is 2.72. The van der Waals surface area contributed by atoms with Crippen LogP contribution in [0.15, 0.2) is 60.7 Å². The Morgan fingerprint density at radius 2 is 1.29 bits per heavy atom. The molecule has 0 amide bonds. The van der Waals surface area contributed by atoms with Crippen LogP contribution in [-0.2, 0) is 10.1 Å². The minimum absolute atomic E-state index is 0.472. The van der Waals surface area contributed by atoms with Crippen LogP contribution in [-0.4, -0.2) is 6.10 Å². The zero-order valence-corrected chi connectivity index (χ0v) is 9.67. The fourth-order valence-corrected chi connectivity index (χ4v) is 1.92. The van der Waals surface area contributed by atoms with Gasteiger partial charge in [-0.2, -0.15) is 4.89 Å². The van der Waals surface area contributed by atoms with Crippen LogP contribution in [0.5, 0.6) is 0 Å². The maximum atomic E-state index is 10.7. The zero-order chi connectivity index (χ0) is 12.1. The summed E-state index contributed by atoms with van der Waals surface area (Å²) in [4.78, 5) is 4.23. The van der Waals surface area contributed by atoms with Gasteiger partial charge in [-0.05, 0) is 23.3 Å². The lowest BCUT2D eigenvalue weighted by Crippen LogP contribution is -2.19. The van der Waals surface area contributed by atoms with Crippen molar-refractivity contribution < 1.29 is 10.1 Å². The van der Waals surface area contributed by atoms with Gasteiger partial charge in [0.2, 0.25) is 0 Å². The Bertz CT molecular complexity index is 399. The number of benzene rings is 2. The molecule has 0 aliphatic rings. The summed E-state index contributed by atoms with van der Waals surface area (Å²) in [5.41, 5.74) is 2.03. The van der Waals surface area contributed by atoms with Crippen molar-refractivity contribution in [2.24, 2.45) is 0 Å². The molecular formula is C15H14O2. The Morgan fingerprint density at radius 1 is 0.882 bits per heavy atom. The van der Waals surface area contributed by atoms with Crippen LogP contribution in [0.4, 0.5) is 0 Å². The molecule has 2 aromatic carbocycles. The van der Waals surface area contributed by atoms with E-state index in [0.29, 0.717) is 0 Å². The first-order valence-corrected chi connectivity index (χ1v) is 5.59. The van der Waals surface area contributed by atoms with Gasteiger partial charge in [0.1, 0.15) is 6.10 Å². The molecule has 0 N–H and O–H groups in total. The van der Waals surface area contributed by atoms with E-state index in [-0.39, 0.29) is 0 Å². The molecule has 0 fully saturated rings. The Kier molecular flexibility index (Phi) is 3.91. The Balaban J connectivity index is 2.39. The zero-order valence-electron chi connectivity index (χ0n) is 9.67. The van der Waals surface area contributed by atoms with E-state index in [1.165, 1.54) is 0 Å². The summed E-state index contributed by atoms with van der Waals surface area (Å²) in [6, 6.07) is 19.7. The van der Waals surface area contributed by atoms with Crippen molar-refractivity contribution in [3.05, 3.63) is 77.7 Å². The van der Waals surface area contributed by atoms with Gasteiger partial charge in [0.25, 0.3) is 0 Å². The van der Waals surface area contributed by atoms with Gasteiger partial charge >= 0.3 is 0 Å². The van der Waals surface area contributed by atoms with Crippen molar-refractivity contribution in [1.29, 1.82) is 0 Å². The van der Waals surface area contributed by atoms with Crippen LogP contribution in [0.25, 0.3) is 0 Å². The average Bonchev–Trinajstić information content (AvgIpc) is 2.41. The van der Waals surface area contributed by atoms with Crippen LogP contribution < -0.4 is 0 Å². The molecule has 0 saturated carbocycles. The predicted octanol–water partition coefficient (Wildman–Crippen LogP) is 3.41. The average molecular weight is 226 g/mol. The van der Waals surface area contributed by atoms with Crippen molar-refractivity contribution in [3.8, 4) is 0 Å². The molecule has 0 heterocycles. The molecule has 0 aromatic heterocycles. The van der Waals surface area contributed by atoms with Gasteiger partial charge in [-0.25, -0.2) is 0 Å². The summed E-state index contributed by atoms with van der Waals surface area (Å²) < 4.78 is 0. The lowest BCUT2D eigenvalue weighted by molar-refractivity contribution is -0.325. The van der Waals surface area contributed by atoms with Crippen molar-refractivity contribution in [2.75, 3.05) is 0 Å². The van der Waals surface area contributed by atoms with E-state index in [2.05, 4.69) is 4.89 Å². The number of rotatable bonds is 4. The lowest BCUT2D eigenvalue weighted by Gasteiger charge is -2.20. The second-order valence-electron chi connectivity index (χ2n) is 3.88. The van der Waals surface area contributed by atoms with Gasteiger partial charge < -0.3 is 0 Å². The fourth-order valence-electron chi connectivity index (χ4n) is 1.92. The summed E-state index contributed by atoms with van der Waals surface area (Å²) in [5.74, 6) is 0.918. The smallest absolute Gasteiger partial charge is 0.108 e. The number of hydrogen-bond acceptors (Lipinski definition) is 1. The third kappa shape index (κ3) is 2.73. The molecule has 0 aliphatic carbocycles. The molecule has 2 heteroatoms. The molecular weight excluding hydrogens is 212 g/mol. The molecule has 17 heavy (non-hydrogen) atoms. The van der Waals surface area contributed by atoms with E-state index in [9.17, 15) is 5.26 Å². The Labute approximate surface area is 101 Å². The van der Waals surface area contributed by atoms with E-state index in [0.717, 1.165) is 17.0 Å². The van der Waals surface area contributed by atoms with E-state index >= 15 is 0 Å². The van der Waals surface area contributed by atoms with Gasteiger partial charge in [0.15, 0.2) is 0 Å². The molecule has 0 saturated heterocycles. The largest absolute Gasteiger partial charge is 0.199 e. The normalized spacial score (nSPS) is 12.6. The molecule has 2 rings (SSSR count). The molecule has 0 spiro atoms. The van der Waals surface area contributed by atoms with Crippen LogP contribution >= 0.6 is 0 Å². The first-order chi connectivity index (χ1) is 8.33. The molecule has 2 aromatic rings. The van der Waals surface area contributed by atoms with Crippen LogP contribution in [0, 0.1) is 5.92 Å². The van der Waals surface area contributed by atoms with Gasteiger partial charge in [-0.3, -0.25) is 0 Å². The highest BCUT2D eigenvalue weighted by atomic mass is 17.1. The van der Waals surface area contributed by atoms with Crippen LogP contribution in [0.2, 0.25) is 0 Å². The second-order valence-corrected chi connectivity index (χ2v) is 3.88. The monoisotopic (exact) mass is 226 g/mol. The van der Waals surface area contributed by atoms with Crippen molar-refractivity contribution in [1.82, 2.24) is 0 Å². The highest BCUT2D eigenvalue weighted by molar-refractivity contribution is 5.47.